The van der Waals surface area contributed by atoms with Gasteiger partial charge in [0.05, 0.1) is 12.5 Å². The van der Waals surface area contributed by atoms with E-state index in [1.165, 1.54) is 40.2 Å². The molecule has 3 aliphatic carbocycles. The summed E-state index contributed by atoms with van der Waals surface area (Å²) in [6.07, 6.45) is -1.13. The van der Waals surface area contributed by atoms with Crippen molar-refractivity contribution >= 4 is 29.8 Å². The molecule has 0 amide bonds. The fourth-order valence-corrected chi connectivity index (χ4v) is 11.0. The maximum Gasteiger partial charge on any atom is 0.339 e. The van der Waals surface area contributed by atoms with E-state index < -0.39 is 99.6 Å². The van der Waals surface area contributed by atoms with Gasteiger partial charge in [0.25, 0.3) is 0 Å². The van der Waals surface area contributed by atoms with Crippen molar-refractivity contribution in [2.75, 3.05) is 0 Å². The summed E-state index contributed by atoms with van der Waals surface area (Å²) in [7, 11) is 0. The molecule has 0 N–H and O–H groups in total. The first-order chi connectivity index (χ1) is 21.3. The van der Waals surface area contributed by atoms with Crippen LogP contribution in [0.15, 0.2) is 23.0 Å². The minimum absolute atomic E-state index is 0.199. The summed E-state index contributed by atoms with van der Waals surface area (Å²) in [6, 6.07) is 1.73. The first-order valence-electron chi connectivity index (χ1n) is 15.9. The quantitative estimate of drug-likeness (QED) is 0.256. The number of ether oxygens (including phenoxy) is 6. The van der Waals surface area contributed by atoms with Gasteiger partial charge in [0.2, 0.25) is 0 Å². The first kappa shape index (κ1) is 32.5. The average Bonchev–Trinajstić information content (AvgIpc) is 3.50. The number of carbonyl (C=O) groups excluding carboxylic acids is 5. The fourth-order valence-electron chi connectivity index (χ4n) is 11.0. The molecule has 2 saturated heterocycles. The van der Waals surface area contributed by atoms with Gasteiger partial charge in [-0.2, -0.15) is 0 Å². The summed E-state index contributed by atoms with van der Waals surface area (Å²) < 4.78 is 42.5. The van der Waals surface area contributed by atoms with Gasteiger partial charge in [-0.05, 0) is 24.8 Å². The number of hydrogen-bond donors (Lipinski definition) is 0. The van der Waals surface area contributed by atoms with E-state index in [0.29, 0.717) is 5.56 Å². The number of cyclic esters (lactones) is 1. The molecule has 1 spiro atoms. The Hall–Kier alpha value is -3.41. The zero-order chi connectivity index (χ0) is 33.8. The molecule has 1 aromatic rings. The molecule has 0 bridgehead atoms. The molecule has 5 fully saturated rings. The summed E-state index contributed by atoms with van der Waals surface area (Å²) in [4.78, 5) is 64.5. The molecule has 3 heterocycles. The molecule has 0 radical (unpaired) electrons. The predicted molar refractivity (Wildman–Crippen MR) is 156 cm³/mol. The van der Waals surface area contributed by atoms with Gasteiger partial charge in [-0.1, -0.05) is 34.6 Å². The van der Waals surface area contributed by atoms with Crippen LogP contribution < -0.4 is 0 Å². The molecular formula is C34H44O12. The monoisotopic (exact) mass is 644 g/mol. The zero-order valence-corrected chi connectivity index (χ0v) is 27.9. The van der Waals surface area contributed by atoms with E-state index in [1.54, 1.807) is 6.07 Å². The average molecular weight is 645 g/mol. The summed E-state index contributed by atoms with van der Waals surface area (Å²) in [6.45, 7) is 15.3. The van der Waals surface area contributed by atoms with Crippen molar-refractivity contribution in [3.63, 3.8) is 0 Å². The van der Waals surface area contributed by atoms with E-state index in [1.807, 2.05) is 34.6 Å². The van der Waals surface area contributed by atoms with Crippen molar-refractivity contribution in [2.45, 2.75) is 124 Å². The minimum atomic E-state index is -1.22. The summed E-state index contributed by atoms with van der Waals surface area (Å²) in [5.74, 6) is -3.59. The molecule has 12 atom stereocenters. The van der Waals surface area contributed by atoms with Gasteiger partial charge in [0, 0.05) is 67.3 Å². The van der Waals surface area contributed by atoms with Crippen LogP contribution >= 0.6 is 0 Å². The standard InChI is InChI=1S/C34H44O12/c1-16(35)41-21-14-31(7)27(20-10-11-40-15-20)45-29(39)28-34(31,46-28)33(9)25(44-19(4)38)12-22-30(5,6)23(42-17(2)36)13-24(43-18(3)37)32(22,8)26(21)33/h10-11,15,21-28H,12-14H2,1-9H3/t21-,22?,23+,24-,25+,26?,27-,28+,31-,32+,33+,34+/m0/s1. The Kier molecular flexibility index (Phi) is 7.28. The SMILES string of the molecule is CC(=O)O[C@H]1C[C@@]2(C)[C@H](c3ccoc3)OC(=O)[C@H]3O[C@]32[C@@]2(C)C1[C@]1(C)C(C[C@H]2OC(C)=O)C(C)(C)[C@H](OC(C)=O)C[C@@H]1OC(C)=O. The van der Waals surface area contributed by atoms with E-state index in [-0.39, 0.29) is 25.2 Å². The van der Waals surface area contributed by atoms with Gasteiger partial charge in [-0.3, -0.25) is 19.2 Å². The molecule has 46 heavy (non-hydrogen) atoms. The van der Waals surface area contributed by atoms with Crippen molar-refractivity contribution in [1.29, 1.82) is 0 Å². The van der Waals surface area contributed by atoms with Crippen molar-refractivity contribution in [1.82, 2.24) is 0 Å². The second-order valence-electron chi connectivity index (χ2n) is 15.1. The van der Waals surface area contributed by atoms with Crippen LogP contribution in [0, 0.1) is 33.5 Å². The van der Waals surface area contributed by atoms with Crippen LogP contribution in [0.1, 0.15) is 93.2 Å². The maximum atomic E-state index is 13.7. The van der Waals surface area contributed by atoms with Gasteiger partial charge < -0.3 is 32.8 Å². The molecule has 2 aliphatic heterocycles. The van der Waals surface area contributed by atoms with Crippen molar-refractivity contribution in [2.24, 2.45) is 33.5 Å². The van der Waals surface area contributed by atoms with E-state index in [4.69, 9.17) is 32.8 Å². The van der Waals surface area contributed by atoms with Gasteiger partial charge in [0.15, 0.2) is 6.10 Å². The van der Waals surface area contributed by atoms with Gasteiger partial charge >= 0.3 is 29.8 Å². The molecule has 0 aromatic carbocycles. The molecule has 2 unspecified atom stereocenters. The van der Waals surface area contributed by atoms with Crippen LogP contribution in [0.5, 0.6) is 0 Å². The predicted octanol–water partition coefficient (Wildman–Crippen LogP) is 4.23. The molecule has 5 aliphatic rings. The lowest BCUT2D eigenvalue weighted by molar-refractivity contribution is -0.320. The lowest BCUT2D eigenvalue weighted by Crippen LogP contribution is -2.78. The van der Waals surface area contributed by atoms with Crippen molar-refractivity contribution in [3.05, 3.63) is 24.2 Å². The molecule has 1 aromatic heterocycles. The number of hydrogen-bond acceptors (Lipinski definition) is 12. The second kappa shape index (κ2) is 10.3. The topological polar surface area (TPSA) is 157 Å². The molecule has 252 valence electrons. The zero-order valence-electron chi connectivity index (χ0n) is 27.9. The van der Waals surface area contributed by atoms with Crippen LogP contribution in [0.3, 0.4) is 0 Å². The van der Waals surface area contributed by atoms with Crippen LogP contribution in [-0.2, 0) is 52.4 Å². The highest BCUT2D eigenvalue weighted by Crippen LogP contribution is 2.81. The van der Waals surface area contributed by atoms with E-state index >= 15 is 0 Å². The third-order valence-corrected chi connectivity index (χ3v) is 12.4. The van der Waals surface area contributed by atoms with Crippen LogP contribution in [-0.4, -0.2) is 66.0 Å². The Morgan fingerprint density at radius 1 is 0.783 bits per heavy atom. The van der Waals surface area contributed by atoms with Gasteiger partial charge in [-0.25, -0.2) is 4.79 Å². The lowest BCUT2D eigenvalue weighted by atomic mass is 9.33. The lowest BCUT2D eigenvalue weighted by Gasteiger charge is -2.72. The van der Waals surface area contributed by atoms with Gasteiger partial charge in [0.1, 0.15) is 36.1 Å². The Morgan fingerprint density at radius 3 is 1.93 bits per heavy atom. The Bertz CT molecular complexity index is 1470. The Morgan fingerprint density at radius 2 is 1.37 bits per heavy atom. The van der Waals surface area contributed by atoms with E-state index in [2.05, 4.69) is 0 Å². The third-order valence-electron chi connectivity index (χ3n) is 12.4. The van der Waals surface area contributed by atoms with Crippen LogP contribution in [0.2, 0.25) is 0 Å². The molecule has 12 heteroatoms. The van der Waals surface area contributed by atoms with Crippen molar-refractivity contribution < 1.29 is 56.8 Å². The highest BCUT2D eigenvalue weighted by atomic mass is 16.7. The van der Waals surface area contributed by atoms with Crippen LogP contribution in [0.4, 0.5) is 0 Å². The summed E-state index contributed by atoms with van der Waals surface area (Å²) in [5.41, 5.74) is -4.36. The normalized spacial score (nSPS) is 44.9. The van der Waals surface area contributed by atoms with E-state index in [9.17, 15) is 24.0 Å². The molecule has 6 rings (SSSR count). The third kappa shape index (κ3) is 4.17. The molecular weight excluding hydrogens is 600 g/mol. The largest absolute Gasteiger partial charge is 0.472 e. The smallest absolute Gasteiger partial charge is 0.339 e. The fraction of sp³-hybridized carbons (Fsp3) is 0.735. The molecule has 12 nitrogen and oxygen atoms in total. The Balaban J connectivity index is 1.62. The Labute approximate surface area is 268 Å². The van der Waals surface area contributed by atoms with E-state index in [0.717, 1.165) is 0 Å². The highest BCUT2D eigenvalue weighted by Gasteiger charge is 2.91. The number of fused-ring (bicyclic) bond motifs is 3. The summed E-state index contributed by atoms with van der Waals surface area (Å²) >= 11 is 0. The number of rotatable bonds is 5. The van der Waals surface area contributed by atoms with Crippen molar-refractivity contribution in [3.8, 4) is 0 Å². The number of furan rings is 1. The second-order valence-corrected chi connectivity index (χ2v) is 15.1. The maximum absolute atomic E-state index is 13.7. The number of esters is 5. The number of epoxide rings is 1. The summed E-state index contributed by atoms with van der Waals surface area (Å²) in [5, 5.41) is 0. The molecule has 3 saturated carbocycles. The van der Waals surface area contributed by atoms with Gasteiger partial charge in [-0.15, -0.1) is 0 Å². The first-order valence-corrected chi connectivity index (χ1v) is 15.9. The minimum Gasteiger partial charge on any atom is -0.472 e. The number of carbonyl (C=O) groups is 5. The van der Waals surface area contributed by atoms with Crippen LogP contribution in [0.25, 0.3) is 0 Å². The highest BCUT2D eigenvalue weighted by molar-refractivity contribution is 5.82.